The Labute approximate surface area is 204 Å². The Hall–Kier alpha value is -3.36. The highest BCUT2D eigenvalue weighted by Crippen LogP contribution is 2.32. The molecule has 7 nitrogen and oxygen atoms in total. The molecule has 0 atom stereocenters. The maximum absolute atomic E-state index is 13.2. The molecule has 0 unspecified atom stereocenters. The largest absolute Gasteiger partial charge is 0.378 e. The van der Waals surface area contributed by atoms with E-state index in [0.717, 1.165) is 79.4 Å². The number of likely N-dealkylation sites (tertiary alicyclic amines) is 1. The molecule has 180 valence electrons. The molecule has 2 aliphatic heterocycles. The number of ether oxygens (including phenoxy) is 1. The van der Waals surface area contributed by atoms with Crippen molar-refractivity contribution in [3.63, 3.8) is 0 Å². The van der Waals surface area contributed by atoms with E-state index in [1.165, 1.54) is 12.1 Å². The van der Waals surface area contributed by atoms with E-state index in [1.54, 1.807) is 0 Å². The van der Waals surface area contributed by atoms with Gasteiger partial charge in [0.25, 0.3) is 0 Å². The first-order chi connectivity index (χ1) is 17.2. The van der Waals surface area contributed by atoms with E-state index in [2.05, 4.69) is 26.6 Å². The third-order valence-corrected chi connectivity index (χ3v) is 7.00. The van der Waals surface area contributed by atoms with Crippen LogP contribution >= 0.6 is 0 Å². The summed E-state index contributed by atoms with van der Waals surface area (Å²) in [7, 11) is 0. The van der Waals surface area contributed by atoms with Crippen LogP contribution in [0.3, 0.4) is 0 Å². The zero-order valence-corrected chi connectivity index (χ0v) is 19.7. The molecule has 2 saturated heterocycles. The predicted octanol–water partition coefficient (Wildman–Crippen LogP) is 4.31. The lowest BCUT2D eigenvalue weighted by atomic mass is 10.0. The number of anilines is 1. The number of nitrogens with zero attached hydrogens (tertiary/aromatic N) is 6. The van der Waals surface area contributed by atoms with E-state index in [0.29, 0.717) is 13.2 Å². The Kier molecular flexibility index (Phi) is 6.14. The fourth-order valence-electron chi connectivity index (χ4n) is 5.08. The molecule has 35 heavy (non-hydrogen) atoms. The number of fused-ring (bicyclic) bond motifs is 1. The molecule has 0 aliphatic carbocycles. The summed E-state index contributed by atoms with van der Waals surface area (Å²) in [6.45, 7) is 5.81. The van der Waals surface area contributed by atoms with Crippen LogP contribution in [0.4, 0.5) is 10.2 Å². The van der Waals surface area contributed by atoms with Crippen LogP contribution in [0.2, 0.25) is 0 Å². The molecule has 0 amide bonds. The zero-order chi connectivity index (χ0) is 23.6. The molecule has 0 spiro atoms. The fourth-order valence-corrected chi connectivity index (χ4v) is 5.08. The maximum Gasteiger partial charge on any atom is 0.164 e. The van der Waals surface area contributed by atoms with Crippen molar-refractivity contribution in [2.75, 3.05) is 44.3 Å². The van der Waals surface area contributed by atoms with Gasteiger partial charge in [-0.1, -0.05) is 42.5 Å². The number of piperidine rings is 1. The predicted molar refractivity (Wildman–Crippen MR) is 134 cm³/mol. The number of rotatable bonds is 5. The van der Waals surface area contributed by atoms with Gasteiger partial charge in [0.05, 0.1) is 30.8 Å². The molecule has 2 fully saturated rings. The normalized spacial score (nSPS) is 17.8. The number of hydrogen-bond donors (Lipinski definition) is 0. The lowest BCUT2D eigenvalue weighted by Crippen LogP contribution is -2.37. The van der Waals surface area contributed by atoms with Gasteiger partial charge in [-0.3, -0.25) is 4.90 Å². The summed E-state index contributed by atoms with van der Waals surface area (Å²) in [6.07, 6.45) is 3.92. The molecule has 4 heterocycles. The first kappa shape index (κ1) is 22.1. The van der Waals surface area contributed by atoms with Crippen molar-refractivity contribution in [3.05, 3.63) is 72.2 Å². The van der Waals surface area contributed by atoms with Gasteiger partial charge in [0, 0.05) is 38.3 Å². The second-order valence-electron chi connectivity index (χ2n) is 9.30. The third-order valence-electron chi connectivity index (χ3n) is 7.00. The molecule has 0 radical (unpaired) electrons. The summed E-state index contributed by atoms with van der Waals surface area (Å²) in [5, 5.41) is 5.82. The maximum atomic E-state index is 13.2. The highest BCUT2D eigenvalue weighted by molar-refractivity contribution is 5.89. The fraction of sp³-hybridized carbons (Fsp3) is 0.370. The number of halogens is 1. The zero-order valence-electron chi connectivity index (χ0n) is 19.7. The van der Waals surface area contributed by atoms with E-state index >= 15 is 0 Å². The van der Waals surface area contributed by atoms with Crippen LogP contribution in [0, 0.1) is 5.82 Å². The number of aromatic nitrogens is 4. The lowest BCUT2D eigenvalue weighted by molar-refractivity contribution is 0.122. The van der Waals surface area contributed by atoms with E-state index in [9.17, 15) is 4.39 Å². The van der Waals surface area contributed by atoms with Crippen molar-refractivity contribution >= 4 is 16.9 Å². The van der Waals surface area contributed by atoms with Crippen molar-refractivity contribution in [1.82, 2.24) is 24.6 Å². The molecule has 0 bridgehead atoms. The first-order valence-corrected chi connectivity index (χ1v) is 12.3. The molecular formula is C27H29FN6O. The molecule has 4 aromatic rings. The average Bonchev–Trinajstić information content (AvgIpc) is 3.35. The molecule has 6 rings (SSSR count). The van der Waals surface area contributed by atoms with Gasteiger partial charge in [0.2, 0.25) is 0 Å². The van der Waals surface area contributed by atoms with Crippen molar-refractivity contribution in [1.29, 1.82) is 0 Å². The molecule has 0 N–H and O–H groups in total. The second-order valence-corrected chi connectivity index (χ2v) is 9.30. The van der Waals surface area contributed by atoms with Crippen LogP contribution in [0.15, 0.2) is 60.8 Å². The molecular weight excluding hydrogens is 443 g/mol. The van der Waals surface area contributed by atoms with Crippen molar-refractivity contribution < 1.29 is 9.13 Å². The van der Waals surface area contributed by atoms with Crippen molar-refractivity contribution in [3.8, 4) is 11.4 Å². The monoisotopic (exact) mass is 472 g/mol. The van der Waals surface area contributed by atoms with Gasteiger partial charge in [-0.15, -0.1) is 0 Å². The molecule has 8 heteroatoms. The van der Waals surface area contributed by atoms with Crippen LogP contribution in [-0.4, -0.2) is 64.0 Å². The van der Waals surface area contributed by atoms with E-state index in [-0.39, 0.29) is 11.9 Å². The minimum absolute atomic E-state index is 0.189. The summed E-state index contributed by atoms with van der Waals surface area (Å²) in [5.41, 5.74) is 3.05. The summed E-state index contributed by atoms with van der Waals surface area (Å²) < 4.78 is 20.9. The standard InChI is InChI=1S/C27H29FN6O/c28-22-8-6-20(7-9-22)19-32-12-10-23(11-13-32)34-27-24(18-29-34)26(33-14-16-35-17-15-33)30-25(31-27)21-4-2-1-3-5-21/h1-9,18,23H,10-17,19H2. The Morgan fingerprint density at radius 3 is 2.37 bits per heavy atom. The van der Waals surface area contributed by atoms with Gasteiger partial charge >= 0.3 is 0 Å². The van der Waals surface area contributed by atoms with Gasteiger partial charge < -0.3 is 9.64 Å². The van der Waals surface area contributed by atoms with Gasteiger partial charge in [-0.2, -0.15) is 5.10 Å². The Morgan fingerprint density at radius 1 is 0.886 bits per heavy atom. The quantitative estimate of drug-likeness (QED) is 0.432. The molecule has 2 aromatic carbocycles. The van der Waals surface area contributed by atoms with Crippen LogP contribution in [0.5, 0.6) is 0 Å². The minimum Gasteiger partial charge on any atom is -0.378 e. The van der Waals surface area contributed by atoms with Crippen LogP contribution < -0.4 is 4.90 Å². The molecule has 2 aromatic heterocycles. The molecule has 0 saturated carbocycles. The van der Waals surface area contributed by atoms with Crippen LogP contribution in [-0.2, 0) is 11.3 Å². The topological polar surface area (TPSA) is 59.3 Å². The van der Waals surface area contributed by atoms with Gasteiger partial charge in [0.1, 0.15) is 11.6 Å². The van der Waals surface area contributed by atoms with Gasteiger partial charge in [0.15, 0.2) is 11.5 Å². The number of benzene rings is 2. The first-order valence-electron chi connectivity index (χ1n) is 12.3. The number of hydrogen-bond acceptors (Lipinski definition) is 6. The average molecular weight is 473 g/mol. The Balaban J connectivity index is 1.28. The van der Waals surface area contributed by atoms with Crippen LogP contribution in [0.1, 0.15) is 24.4 Å². The SMILES string of the molecule is Fc1ccc(CN2CCC(n3ncc4c(N5CCOCC5)nc(-c5ccccc5)nc43)CC2)cc1. The summed E-state index contributed by atoms with van der Waals surface area (Å²) in [5.74, 6) is 1.48. The van der Waals surface area contributed by atoms with Crippen molar-refractivity contribution in [2.24, 2.45) is 0 Å². The smallest absolute Gasteiger partial charge is 0.164 e. The van der Waals surface area contributed by atoms with E-state index in [4.69, 9.17) is 19.8 Å². The highest BCUT2D eigenvalue weighted by atomic mass is 19.1. The second kappa shape index (κ2) is 9.71. The van der Waals surface area contributed by atoms with Gasteiger partial charge in [-0.05, 0) is 30.5 Å². The van der Waals surface area contributed by atoms with Gasteiger partial charge in [-0.25, -0.2) is 19.0 Å². The summed E-state index contributed by atoms with van der Waals surface area (Å²) in [4.78, 5) is 14.7. The lowest BCUT2D eigenvalue weighted by Gasteiger charge is -2.32. The highest BCUT2D eigenvalue weighted by Gasteiger charge is 2.26. The summed E-state index contributed by atoms with van der Waals surface area (Å²) >= 11 is 0. The number of morpholine rings is 1. The summed E-state index contributed by atoms with van der Waals surface area (Å²) in [6, 6.07) is 17.3. The minimum atomic E-state index is -0.189. The van der Waals surface area contributed by atoms with Crippen LogP contribution in [0.25, 0.3) is 22.4 Å². The molecule has 2 aliphatic rings. The Bertz CT molecular complexity index is 1280. The van der Waals surface area contributed by atoms with E-state index in [1.807, 2.05) is 36.5 Å². The van der Waals surface area contributed by atoms with Crippen molar-refractivity contribution in [2.45, 2.75) is 25.4 Å². The van der Waals surface area contributed by atoms with E-state index < -0.39 is 0 Å². The third kappa shape index (κ3) is 4.63. The Morgan fingerprint density at radius 2 is 1.63 bits per heavy atom.